The highest BCUT2D eigenvalue weighted by molar-refractivity contribution is 9.09. The van der Waals surface area contributed by atoms with Gasteiger partial charge in [0.2, 0.25) is 0 Å². The average Bonchev–Trinajstić information content (AvgIpc) is 2.70. The van der Waals surface area contributed by atoms with E-state index >= 15 is 0 Å². The highest BCUT2D eigenvalue weighted by Gasteiger charge is 2.14. The SMILES string of the molecule is Clc1ccc(CC(Br)c2sccc2Cl)cc1Cl. The highest BCUT2D eigenvalue weighted by Crippen LogP contribution is 2.37. The molecular formula is C12H8BrCl3S. The molecule has 1 aromatic heterocycles. The lowest BCUT2D eigenvalue weighted by Gasteiger charge is -2.09. The van der Waals surface area contributed by atoms with Crippen molar-refractivity contribution in [2.75, 3.05) is 0 Å². The third-order valence-electron chi connectivity index (χ3n) is 2.33. The fourth-order valence-corrected chi connectivity index (χ4v) is 4.06. The average molecular weight is 371 g/mol. The van der Waals surface area contributed by atoms with Crippen molar-refractivity contribution in [3.8, 4) is 0 Å². The predicted molar refractivity (Wildman–Crippen MR) is 81.2 cm³/mol. The lowest BCUT2D eigenvalue weighted by molar-refractivity contribution is 0.970. The first-order valence-corrected chi connectivity index (χ1v) is 7.81. The van der Waals surface area contributed by atoms with Gasteiger partial charge in [-0.25, -0.2) is 0 Å². The van der Waals surface area contributed by atoms with Gasteiger partial charge in [0.1, 0.15) is 0 Å². The first-order valence-electron chi connectivity index (χ1n) is 4.89. The molecule has 0 N–H and O–H groups in total. The fraction of sp³-hybridized carbons (Fsp3) is 0.167. The quantitative estimate of drug-likeness (QED) is 0.549. The van der Waals surface area contributed by atoms with Gasteiger partial charge in [0.05, 0.1) is 19.9 Å². The number of hydrogen-bond donors (Lipinski definition) is 0. The Morgan fingerprint density at radius 2 is 1.82 bits per heavy atom. The Morgan fingerprint density at radius 3 is 2.41 bits per heavy atom. The smallest absolute Gasteiger partial charge is 0.0595 e. The molecule has 2 aromatic rings. The summed E-state index contributed by atoms with van der Waals surface area (Å²) in [5.74, 6) is 0. The summed E-state index contributed by atoms with van der Waals surface area (Å²) in [6.45, 7) is 0. The summed E-state index contributed by atoms with van der Waals surface area (Å²) < 4.78 is 0. The fourth-order valence-electron chi connectivity index (χ4n) is 1.50. The molecule has 1 unspecified atom stereocenters. The van der Waals surface area contributed by atoms with Crippen molar-refractivity contribution in [2.24, 2.45) is 0 Å². The maximum Gasteiger partial charge on any atom is 0.0595 e. The van der Waals surface area contributed by atoms with E-state index in [2.05, 4.69) is 15.9 Å². The summed E-state index contributed by atoms with van der Waals surface area (Å²) in [5, 5.41) is 3.95. The van der Waals surface area contributed by atoms with E-state index in [1.54, 1.807) is 11.3 Å². The minimum Gasteiger partial charge on any atom is -0.146 e. The van der Waals surface area contributed by atoms with E-state index in [-0.39, 0.29) is 4.83 Å². The third kappa shape index (κ3) is 3.39. The van der Waals surface area contributed by atoms with Gasteiger partial charge in [-0.05, 0) is 35.6 Å². The molecule has 1 aromatic carbocycles. The Bertz CT molecular complexity index is 524. The maximum atomic E-state index is 6.09. The van der Waals surface area contributed by atoms with E-state index in [0.29, 0.717) is 10.0 Å². The molecule has 0 bridgehead atoms. The molecule has 17 heavy (non-hydrogen) atoms. The third-order valence-corrected chi connectivity index (χ3v) is 5.62. The van der Waals surface area contributed by atoms with Crippen LogP contribution in [-0.4, -0.2) is 0 Å². The molecule has 0 saturated carbocycles. The van der Waals surface area contributed by atoms with Gasteiger partial charge < -0.3 is 0 Å². The van der Waals surface area contributed by atoms with Crippen molar-refractivity contribution < 1.29 is 0 Å². The first-order chi connectivity index (χ1) is 8.08. The number of benzene rings is 1. The number of thiophene rings is 1. The molecule has 1 atom stereocenters. The van der Waals surface area contributed by atoms with Crippen LogP contribution in [0.4, 0.5) is 0 Å². The van der Waals surface area contributed by atoms with Crippen LogP contribution in [0.1, 0.15) is 15.3 Å². The van der Waals surface area contributed by atoms with E-state index in [1.165, 1.54) is 0 Å². The summed E-state index contributed by atoms with van der Waals surface area (Å²) >= 11 is 23.2. The summed E-state index contributed by atoms with van der Waals surface area (Å²) in [4.78, 5) is 1.34. The van der Waals surface area contributed by atoms with Gasteiger partial charge in [-0.3, -0.25) is 0 Å². The predicted octanol–water partition coefficient (Wildman–Crippen LogP) is 6.39. The van der Waals surface area contributed by atoms with Crippen molar-refractivity contribution in [3.05, 3.63) is 55.2 Å². The van der Waals surface area contributed by atoms with Crippen molar-refractivity contribution >= 4 is 62.1 Å². The Balaban J connectivity index is 2.16. The van der Waals surface area contributed by atoms with Gasteiger partial charge in [0, 0.05) is 4.88 Å². The Kier molecular flexibility index (Phi) is 4.79. The van der Waals surface area contributed by atoms with Crippen LogP contribution in [0.2, 0.25) is 15.1 Å². The number of hydrogen-bond acceptors (Lipinski definition) is 1. The molecule has 0 nitrogen and oxygen atoms in total. The van der Waals surface area contributed by atoms with Crippen molar-refractivity contribution in [1.82, 2.24) is 0 Å². The topological polar surface area (TPSA) is 0 Å². The van der Waals surface area contributed by atoms with Gasteiger partial charge >= 0.3 is 0 Å². The van der Waals surface area contributed by atoms with Gasteiger partial charge in [0.15, 0.2) is 0 Å². The molecule has 2 rings (SSSR count). The normalized spacial score (nSPS) is 12.7. The number of halogens is 4. The van der Waals surface area contributed by atoms with Crippen LogP contribution < -0.4 is 0 Å². The second-order valence-electron chi connectivity index (χ2n) is 3.55. The van der Waals surface area contributed by atoms with E-state index in [0.717, 1.165) is 21.9 Å². The first kappa shape index (κ1) is 13.7. The van der Waals surface area contributed by atoms with E-state index < -0.39 is 0 Å². The van der Waals surface area contributed by atoms with Gasteiger partial charge in [-0.1, -0.05) is 56.8 Å². The second kappa shape index (κ2) is 5.94. The van der Waals surface area contributed by atoms with Crippen molar-refractivity contribution in [1.29, 1.82) is 0 Å². The summed E-state index contributed by atoms with van der Waals surface area (Å²) in [6, 6.07) is 7.59. The zero-order chi connectivity index (χ0) is 12.4. The lowest BCUT2D eigenvalue weighted by atomic mass is 10.1. The minimum absolute atomic E-state index is 0.201. The van der Waals surface area contributed by atoms with Gasteiger partial charge in [0.25, 0.3) is 0 Å². The highest BCUT2D eigenvalue weighted by atomic mass is 79.9. The molecule has 0 aliphatic carbocycles. The largest absolute Gasteiger partial charge is 0.146 e. The van der Waals surface area contributed by atoms with Gasteiger partial charge in [-0.15, -0.1) is 11.3 Å². The number of alkyl halides is 1. The van der Waals surface area contributed by atoms with Crippen LogP contribution in [0.15, 0.2) is 29.6 Å². The zero-order valence-electron chi connectivity index (χ0n) is 8.59. The molecule has 0 spiro atoms. The van der Waals surface area contributed by atoms with Crippen LogP contribution in [0.5, 0.6) is 0 Å². The summed E-state index contributed by atoms with van der Waals surface area (Å²) in [6.07, 6.45) is 0.830. The van der Waals surface area contributed by atoms with E-state index in [1.807, 2.05) is 29.6 Å². The molecule has 0 fully saturated rings. The molecular weight excluding hydrogens is 362 g/mol. The maximum absolute atomic E-state index is 6.09. The number of rotatable bonds is 3. The zero-order valence-corrected chi connectivity index (χ0v) is 13.3. The summed E-state index contributed by atoms with van der Waals surface area (Å²) in [5.41, 5.74) is 1.13. The van der Waals surface area contributed by atoms with Gasteiger partial charge in [-0.2, -0.15) is 0 Å². The lowest BCUT2D eigenvalue weighted by Crippen LogP contribution is -1.93. The molecule has 0 aliphatic heterocycles. The molecule has 0 radical (unpaired) electrons. The monoisotopic (exact) mass is 368 g/mol. The minimum atomic E-state index is 0.201. The van der Waals surface area contributed by atoms with Crippen LogP contribution in [0.25, 0.3) is 0 Å². The molecule has 0 saturated heterocycles. The van der Waals surface area contributed by atoms with E-state index in [9.17, 15) is 0 Å². The molecule has 0 aliphatic rings. The van der Waals surface area contributed by atoms with E-state index in [4.69, 9.17) is 34.8 Å². The van der Waals surface area contributed by atoms with Crippen LogP contribution in [-0.2, 0) is 6.42 Å². The van der Waals surface area contributed by atoms with Crippen LogP contribution in [0, 0.1) is 0 Å². The Morgan fingerprint density at radius 1 is 1.06 bits per heavy atom. The van der Waals surface area contributed by atoms with Crippen LogP contribution in [0.3, 0.4) is 0 Å². The van der Waals surface area contributed by atoms with Crippen molar-refractivity contribution in [3.63, 3.8) is 0 Å². The Labute approximate surface area is 128 Å². The molecule has 5 heteroatoms. The molecule has 1 heterocycles. The standard InChI is InChI=1S/C12H8BrCl3S/c13-8(12-10(15)3-4-17-12)5-7-1-2-9(14)11(16)6-7/h1-4,6,8H,5H2. The van der Waals surface area contributed by atoms with Crippen molar-refractivity contribution in [2.45, 2.75) is 11.2 Å². The molecule has 0 amide bonds. The second-order valence-corrected chi connectivity index (χ2v) is 6.83. The Hall–Kier alpha value is 0.270. The summed E-state index contributed by atoms with van der Waals surface area (Å²) in [7, 11) is 0. The van der Waals surface area contributed by atoms with Crippen LogP contribution >= 0.6 is 62.1 Å². The molecule has 90 valence electrons.